The van der Waals surface area contributed by atoms with Crippen molar-refractivity contribution in [1.29, 1.82) is 0 Å². The van der Waals surface area contributed by atoms with Gasteiger partial charge in [0.2, 0.25) is 0 Å². The Morgan fingerprint density at radius 1 is 1.67 bits per heavy atom. The fraction of sp³-hybridized carbons (Fsp3) is 1.00. The van der Waals surface area contributed by atoms with Gasteiger partial charge in [-0.1, -0.05) is 0 Å². The molecule has 6 heavy (non-hydrogen) atoms. The summed E-state index contributed by atoms with van der Waals surface area (Å²) in [6.07, 6.45) is 3.47. The normalized spacial score (nSPS) is 14.2. The van der Waals surface area contributed by atoms with Gasteiger partial charge in [0, 0.05) is 0 Å². The molecule has 0 spiro atoms. The fourth-order valence-corrected chi connectivity index (χ4v) is 1.57. The van der Waals surface area contributed by atoms with E-state index in [1.165, 1.54) is 12.2 Å². The second kappa shape index (κ2) is 3.95. The Morgan fingerprint density at radius 3 is 2.17 bits per heavy atom. The van der Waals surface area contributed by atoms with Gasteiger partial charge in [-0.2, -0.15) is 0 Å². The van der Waals surface area contributed by atoms with Crippen molar-refractivity contribution in [3.05, 3.63) is 0 Å². The zero-order chi connectivity index (χ0) is 4.99. The molecule has 1 atom stereocenters. The number of thiol groups is 1. The molecule has 1 unspecified atom stereocenters. The minimum atomic E-state index is 0.0939. The molecule has 2 heteroatoms. The molecule has 0 aromatic carbocycles. The summed E-state index contributed by atoms with van der Waals surface area (Å²) in [5, 5.41) is 0. The van der Waals surface area contributed by atoms with Crippen LogP contribution in [0.15, 0.2) is 0 Å². The molecule has 0 bridgehead atoms. The van der Waals surface area contributed by atoms with Gasteiger partial charge < -0.3 is 0 Å². The van der Waals surface area contributed by atoms with Crippen molar-refractivity contribution in [2.75, 3.05) is 12.0 Å². The molecule has 0 saturated carbocycles. The van der Waals surface area contributed by atoms with Crippen LogP contribution in [0, 0.1) is 0 Å². The van der Waals surface area contributed by atoms with Crippen LogP contribution in [0.3, 0.4) is 0 Å². The third-order valence-corrected chi connectivity index (χ3v) is 2.24. The van der Waals surface area contributed by atoms with Crippen LogP contribution in [0.2, 0.25) is 0 Å². The van der Waals surface area contributed by atoms with Crippen LogP contribution in [0.4, 0.5) is 0 Å². The van der Waals surface area contributed by atoms with Gasteiger partial charge in [0.15, 0.2) is 0 Å². The average molecular weight is 122 g/mol. The molecule has 0 rings (SSSR count). The van der Waals surface area contributed by atoms with E-state index in [1.54, 1.807) is 0 Å². The Labute approximate surface area is 43.7 Å². The van der Waals surface area contributed by atoms with Crippen LogP contribution >= 0.6 is 17.7 Å². The van der Waals surface area contributed by atoms with Crippen molar-refractivity contribution in [2.45, 2.75) is 13.3 Å². The van der Waals surface area contributed by atoms with Crippen LogP contribution in [-0.4, -0.2) is 12.0 Å². The molecule has 0 aromatic heterocycles. The standard InChI is InChI=1S/C4H11PS/c1-3-4-6(2)5/h6H,3-4H2,1-2H3. The van der Waals surface area contributed by atoms with E-state index in [1.807, 2.05) is 0 Å². The van der Waals surface area contributed by atoms with Crippen molar-refractivity contribution in [2.24, 2.45) is 0 Å². The van der Waals surface area contributed by atoms with Crippen LogP contribution in [0.25, 0.3) is 0 Å². The molecule has 0 heterocycles. The summed E-state index contributed by atoms with van der Waals surface area (Å²) in [6.45, 7) is 2.19. The molecular formula is C4H11PS. The fourth-order valence-electron chi connectivity index (χ4n) is 0.324. The molecule has 0 saturated heterocycles. The van der Waals surface area contributed by atoms with E-state index in [-0.39, 0.29) is 9.87 Å². The van der Waals surface area contributed by atoms with Crippen LogP contribution in [0.5, 0.6) is 0 Å². The zero-order valence-electron chi connectivity index (χ0n) is 4.31. The van der Waals surface area contributed by atoms with Crippen molar-refractivity contribution in [3.8, 4) is 0 Å². The van der Waals surface area contributed by atoms with E-state index in [4.69, 9.17) is 0 Å². The molecule has 0 aliphatic heterocycles. The van der Waals surface area contributed by atoms with Gasteiger partial charge in [-0.3, -0.25) is 0 Å². The van der Waals surface area contributed by atoms with Crippen LogP contribution in [-0.2, 0) is 0 Å². The summed E-state index contributed by atoms with van der Waals surface area (Å²) in [5.74, 6) is 1.30. The van der Waals surface area contributed by atoms with Gasteiger partial charge in [0.05, 0.1) is 0 Å². The van der Waals surface area contributed by atoms with E-state index < -0.39 is 0 Å². The molecule has 0 aliphatic carbocycles. The first-order valence-electron chi connectivity index (χ1n) is 2.17. The topological polar surface area (TPSA) is 0 Å². The van der Waals surface area contributed by atoms with Gasteiger partial charge in [-0.05, 0) is 0 Å². The van der Waals surface area contributed by atoms with Gasteiger partial charge in [-0.15, -0.1) is 0 Å². The molecule has 0 N–H and O–H groups in total. The number of hydrogen-bond acceptors (Lipinski definition) is 0. The van der Waals surface area contributed by atoms with Crippen molar-refractivity contribution in [3.63, 3.8) is 0 Å². The first-order chi connectivity index (χ1) is 2.77. The summed E-state index contributed by atoms with van der Waals surface area (Å²) in [5.41, 5.74) is 0. The van der Waals surface area contributed by atoms with Crippen molar-refractivity contribution < 1.29 is 0 Å². The molecule has 0 nitrogen and oxygen atoms in total. The van der Waals surface area contributed by atoms with E-state index in [0.717, 1.165) is 0 Å². The van der Waals surface area contributed by atoms with Gasteiger partial charge in [0.25, 0.3) is 0 Å². The van der Waals surface area contributed by atoms with E-state index >= 15 is 0 Å². The Hall–Kier alpha value is 0.780. The molecule has 0 aliphatic rings. The molecular weight excluding hydrogens is 111 g/mol. The predicted molar refractivity (Wildman–Crippen MR) is 37.0 cm³/mol. The first-order valence-corrected chi connectivity index (χ1v) is 5.30. The Bertz CT molecular complexity index is 79.3. The third kappa shape index (κ3) is 4.78. The van der Waals surface area contributed by atoms with Crippen LogP contribution in [0.1, 0.15) is 13.3 Å². The quantitative estimate of drug-likeness (QED) is 0.400. The van der Waals surface area contributed by atoms with E-state index in [9.17, 15) is 0 Å². The molecule has 0 fully saturated rings. The summed E-state index contributed by atoms with van der Waals surface area (Å²) < 4.78 is 0. The van der Waals surface area contributed by atoms with Gasteiger partial charge in [-0.25, -0.2) is 0 Å². The minimum absolute atomic E-state index is 0.0939. The van der Waals surface area contributed by atoms with Crippen LogP contribution < -0.4 is 0 Å². The number of rotatable bonds is 1. The number of hydrogen-bond donors (Lipinski definition) is 1. The maximum atomic E-state index is 4.24. The maximum absolute atomic E-state index is 4.24. The molecule has 0 radical (unpaired) electrons. The Morgan fingerprint density at radius 2 is 2.17 bits per heavy atom. The average Bonchev–Trinajstić information content (AvgIpc) is 1.35. The molecule has 0 amide bonds. The van der Waals surface area contributed by atoms with E-state index in [2.05, 4.69) is 21.0 Å². The summed E-state index contributed by atoms with van der Waals surface area (Å²) in [7, 11) is 4.34. The first kappa shape index (κ1) is 6.78. The van der Waals surface area contributed by atoms with Gasteiger partial charge >= 0.3 is 43.0 Å². The summed E-state index contributed by atoms with van der Waals surface area (Å²) in [6, 6.07) is 0. The third-order valence-electron chi connectivity index (χ3n) is 0.547. The summed E-state index contributed by atoms with van der Waals surface area (Å²) >= 11 is 0. The summed E-state index contributed by atoms with van der Waals surface area (Å²) in [4.78, 5) is 0. The second-order valence-electron chi connectivity index (χ2n) is 1.38. The predicted octanol–water partition coefficient (Wildman–Crippen LogP) is 2.35. The van der Waals surface area contributed by atoms with Crippen molar-refractivity contribution >= 4 is 17.7 Å². The Balaban J connectivity index is 2.91. The van der Waals surface area contributed by atoms with Gasteiger partial charge in [0.1, 0.15) is 0 Å². The SMILES string of the molecule is CCC[SH](C)#P. The second-order valence-corrected chi connectivity index (χ2v) is 5.19. The molecule has 38 valence electrons. The monoisotopic (exact) mass is 122 g/mol. The Kier molecular flexibility index (Phi) is 4.47. The van der Waals surface area contributed by atoms with Crippen molar-refractivity contribution in [1.82, 2.24) is 0 Å². The molecule has 0 aromatic rings. The van der Waals surface area contributed by atoms with E-state index in [0.29, 0.717) is 0 Å². The zero-order valence-corrected chi connectivity index (χ0v) is 6.10.